The summed E-state index contributed by atoms with van der Waals surface area (Å²) in [6.45, 7) is 0. The lowest BCUT2D eigenvalue weighted by Crippen LogP contribution is -1.92. The number of hydrogen-bond acceptors (Lipinski definition) is 6. The lowest BCUT2D eigenvalue weighted by molar-refractivity contribution is 0.391. The van der Waals surface area contributed by atoms with E-state index in [1.165, 1.54) is 17.8 Å². The molecule has 0 saturated heterocycles. The molecule has 2 heterocycles. The van der Waals surface area contributed by atoms with E-state index >= 15 is 0 Å². The van der Waals surface area contributed by atoms with Crippen LogP contribution in [0.25, 0.3) is 22.6 Å². The Morgan fingerprint density at radius 3 is 2.67 bits per heavy atom. The van der Waals surface area contributed by atoms with Crippen LogP contribution in [0.5, 0.6) is 0 Å². The van der Waals surface area contributed by atoms with Crippen molar-refractivity contribution in [3.8, 4) is 22.6 Å². The highest BCUT2D eigenvalue weighted by molar-refractivity contribution is 9.10. The van der Waals surface area contributed by atoms with E-state index in [0.717, 1.165) is 10.0 Å². The average molecular weight is 443 g/mol. The van der Waals surface area contributed by atoms with Crippen LogP contribution in [0.4, 0.5) is 4.39 Å². The first-order valence-electron chi connectivity index (χ1n) is 7.99. The lowest BCUT2D eigenvalue weighted by atomic mass is 10.1. The highest BCUT2D eigenvalue weighted by Gasteiger charge is 2.11. The molecular weight excluding hydrogens is 431 g/mol. The van der Waals surface area contributed by atoms with Crippen molar-refractivity contribution in [1.29, 1.82) is 0 Å². The molecule has 0 aliphatic rings. The van der Waals surface area contributed by atoms with E-state index in [1.54, 1.807) is 30.3 Å². The second kappa shape index (κ2) is 7.98. The van der Waals surface area contributed by atoms with Gasteiger partial charge in [-0.3, -0.25) is 0 Å². The molecule has 0 bridgehead atoms. The van der Waals surface area contributed by atoms with E-state index in [1.807, 2.05) is 24.3 Å². The minimum absolute atomic E-state index is 0.321. The molecule has 134 valence electrons. The van der Waals surface area contributed by atoms with Crippen molar-refractivity contribution in [2.45, 2.75) is 10.8 Å². The molecule has 0 N–H and O–H groups in total. The summed E-state index contributed by atoms with van der Waals surface area (Å²) in [5, 5.41) is 12.9. The predicted octanol–water partition coefficient (Wildman–Crippen LogP) is 5.39. The van der Waals surface area contributed by atoms with Gasteiger partial charge in [0.05, 0.1) is 11.4 Å². The SMILES string of the molecule is Fc1ccccc1-c1ccc(SCc2nc(-c3cccc(Br)c3)no2)nn1. The van der Waals surface area contributed by atoms with Crippen LogP contribution >= 0.6 is 27.7 Å². The molecule has 0 radical (unpaired) electrons. The van der Waals surface area contributed by atoms with Crippen LogP contribution in [-0.2, 0) is 5.75 Å². The highest BCUT2D eigenvalue weighted by Crippen LogP contribution is 2.25. The maximum Gasteiger partial charge on any atom is 0.237 e. The van der Waals surface area contributed by atoms with Gasteiger partial charge >= 0.3 is 0 Å². The third-order valence-corrected chi connectivity index (χ3v) is 5.08. The Labute approximate surface area is 167 Å². The fourth-order valence-corrected chi connectivity index (χ4v) is 3.45. The van der Waals surface area contributed by atoms with Gasteiger partial charge in [0.15, 0.2) is 0 Å². The van der Waals surface area contributed by atoms with Gasteiger partial charge in [0.25, 0.3) is 0 Å². The third-order valence-electron chi connectivity index (χ3n) is 3.68. The van der Waals surface area contributed by atoms with Gasteiger partial charge in [0.2, 0.25) is 11.7 Å². The van der Waals surface area contributed by atoms with Gasteiger partial charge in [-0.2, -0.15) is 4.98 Å². The Morgan fingerprint density at radius 1 is 1.00 bits per heavy atom. The zero-order chi connectivity index (χ0) is 18.6. The smallest absolute Gasteiger partial charge is 0.237 e. The van der Waals surface area contributed by atoms with Crippen molar-refractivity contribution in [3.63, 3.8) is 0 Å². The lowest BCUT2D eigenvalue weighted by Gasteiger charge is -2.02. The van der Waals surface area contributed by atoms with E-state index in [0.29, 0.717) is 33.8 Å². The summed E-state index contributed by atoms with van der Waals surface area (Å²) in [4.78, 5) is 4.40. The van der Waals surface area contributed by atoms with Crippen molar-refractivity contribution in [2.24, 2.45) is 0 Å². The Kier molecular flexibility index (Phi) is 5.26. The van der Waals surface area contributed by atoms with Crippen LogP contribution in [0.2, 0.25) is 0 Å². The van der Waals surface area contributed by atoms with Gasteiger partial charge in [-0.25, -0.2) is 4.39 Å². The molecule has 0 spiro atoms. The predicted molar refractivity (Wildman–Crippen MR) is 104 cm³/mol. The first-order chi connectivity index (χ1) is 13.2. The molecule has 2 aromatic heterocycles. The highest BCUT2D eigenvalue weighted by atomic mass is 79.9. The number of rotatable bonds is 5. The quantitative estimate of drug-likeness (QED) is 0.386. The Balaban J connectivity index is 1.43. The van der Waals surface area contributed by atoms with E-state index in [4.69, 9.17) is 4.52 Å². The summed E-state index contributed by atoms with van der Waals surface area (Å²) in [6, 6.07) is 17.7. The summed E-state index contributed by atoms with van der Waals surface area (Å²) in [6.07, 6.45) is 0. The summed E-state index contributed by atoms with van der Waals surface area (Å²) < 4.78 is 20.1. The van der Waals surface area contributed by atoms with Crippen LogP contribution in [-0.4, -0.2) is 20.3 Å². The number of benzene rings is 2. The number of nitrogens with zero attached hydrogens (tertiary/aromatic N) is 4. The third kappa shape index (κ3) is 4.23. The molecule has 5 nitrogen and oxygen atoms in total. The molecule has 0 fully saturated rings. The van der Waals surface area contributed by atoms with Gasteiger partial charge in [-0.05, 0) is 36.4 Å². The molecule has 4 aromatic rings. The standard InChI is InChI=1S/C19H12BrFN4OS/c20-13-5-3-4-12(10-13)19-22-17(26-25-19)11-27-18-9-8-16(23-24-18)14-6-1-2-7-15(14)21/h1-10H,11H2. The fraction of sp³-hybridized carbons (Fsp3) is 0.0526. The zero-order valence-corrected chi connectivity index (χ0v) is 16.2. The van der Waals surface area contributed by atoms with Crippen molar-refractivity contribution in [3.05, 3.63) is 76.8 Å². The number of hydrogen-bond donors (Lipinski definition) is 0. The van der Waals surface area contributed by atoms with E-state index in [2.05, 4.69) is 36.3 Å². The van der Waals surface area contributed by atoms with Gasteiger partial charge in [-0.1, -0.05) is 57.1 Å². The largest absolute Gasteiger partial charge is 0.338 e. The second-order valence-electron chi connectivity index (χ2n) is 5.55. The molecule has 2 aromatic carbocycles. The first kappa shape index (κ1) is 17.8. The molecule has 4 rings (SSSR count). The van der Waals surface area contributed by atoms with E-state index in [-0.39, 0.29) is 5.82 Å². The molecule has 0 atom stereocenters. The Bertz CT molecular complexity index is 1070. The van der Waals surface area contributed by atoms with Crippen molar-refractivity contribution >= 4 is 27.7 Å². The van der Waals surface area contributed by atoms with Gasteiger partial charge in [0, 0.05) is 15.6 Å². The second-order valence-corrected chi connectivity index (χ2v) is 7.46. The molecule has 0 aliphatic heterocycles. The average Bonchev–Trinajstić information content (AvgIpc) is 3.16. The van der Waals surface area contributed by atoms with Crippen molar-refractivity contribution < 1.29 is 8.91 Å². The normalized spacial score (nSPS) is 10.9. The summed E-state index contributed by atoms with van der Waals surface area (Å²) in [7, 11) is 0. The van der Waals surface area contributed by atoms with Crippen molar-refractivity contribution in [2.75, 3.05) is 0 Å². The van der Waals surface area contributed by atoms with Crippen molar-refractivity contribution in [1.82, 2.24) is 20.3 Å². The molecule has 0 aliphatic carbocycles. The molecule has 8 heteroatoms. The molecular formula is C19H12BrFN4OS. The molecule has 0 amide bonds. The topological polar surface area (TPSA) is 64.7 Å². The number of halogens is 2. The minimum atomic E-state index is -0.321. The number of thioether (sulfide) groups is 1. The van der Waals surface area contributed by atoms with Crippen LogP contribution in [0.3, 0.4) is 0 Å². The number of aromatic nitrogens is 4. The maximum atomic E-state index is 13.8. The maximum absolute atomic E-state index is 13.8. The van der Waals surface area contributed by atoms with Crippen LogP contribution < -0.4 is 0 Å². The minimum Gasteiger partial charge on any atom is -0.338 e. The van der Waals surface area contributed by atoms with E-state index < -0.39 is 0 Å². The van der Waals surface area contributed by atoms with Gasteiger partial charge in [-0.15, -0.1) is 10.2 Å². The molecule has 0 saturated carbocycles. The fourth-order valence-electron chi connectivity index (χ4n) is 2.40. The summed E-state index contributed by atoms with van der Waals surface area (Å²) in [5.41, 5.74) is 1.79. The summed E-state index contributed by atoms with van der Waals surface area (Å²) >= 11 is 4.85. The molecule has 27 heavy (non-hydrogen) atoms. The van der Waals surface area contributed by atoms with Gasteiger partial charge in [0.1, 0.15) is 10.8 Å². The van der Waals surface area contributed by atoms with Crippen LogP contribution in [0.1, 0.15) is 5.89 Å². The Hall–Kier alpha value is -2.58. The van der Waals surface area contributed by atoms with Gasteiger partial charge < -0.3 is 4.52 Å². The van der Waals surface area contributed by atoms with Crippen LogP contribution in [0.15, 0.2) is 74.7 Å². The van der Waals surface area contributed by atoms with E-state index in [9.17, 15) is 4.39 Å². The zero-order valence-electron chi connectivity index (χ0n) is 13.8. The van der Waals surface area contributed by atoms with Crippen LogP contribution in [0, 0.1) is 5.82 Å². The summed E-state index contributed by atoms with van der Waals surface area (Å²) in [5.74, 6) is 1.18. The first-order valence-corrected chi connectivity index (χ1v) is 9.77. The molecule has 0 unspecified atom stereocenters. The monoisotopic (exact) mass is 442 g/mol. The Morgan fingerprint density at radius 2 is 1.89 bits per heavy atom.